The van der Waals surface area contributed by atoms with Crippen molar-refractivity contribution in [2.45, 2.75) is 26.3 Å². The Morgan fingerprint density at radius 2 is 2.22 bits per heavy atom. The summed E-state index contributed by atoms with van der Waals surface area (Å²) in [5.74, 6) is 1.09. The predicted molar refractivity (Wildman–Crippen MR) is 87.8 cm³/mol. The molecule has 1 aliphatic rings. The highest BCUT2D eigenvalue weighted by Gasteiger charge is 2.31. The zero-order valence-corrected chi connectivity index (χ0v) is 13.7. The van der Waals surface area contributed by atoms with Gasteiger partial charge < -0.3 is 9.88 Å². The maximum atomic E-state index is 12.6. The molecule has 3 rings (SSSR count). The molecule has 0 spiro atoms. The molecule has 0 aliphatic carbocycles. The second-order valence-corrected chi connectivity index (χ2v) is 5.94. The van der Waals surface area contributed by atoms with E-state index >= 15 is 0 Å². The third-order valence-corrected chi connectivity index (χ3v) is 4.41. The molecule has 23 heavy (non-hydrogen) atoms. The van der Waals surface area contributed by atoms with E-state index in [1.807, 2.05) is 30.2 Å². The first-order chi connectivity index (χ1) is 11.2. The number of pyridine rings is 1. The van der Waals surface area contributed by atoms with Crippen molar-refractivity contribution in [2.75, 3.05) is 26.2 Å². The highest BCUT2D eigenvalue weighted by atomic mass is 16.2. The van der Waals surface area contributed by atoms with Crippen LogP contribution in [-0.2, 0) is 11.2 Å². The van der Waals surface area contributed by atoms with Gasteiger partial charge in [-0.15, -0.1) is 0 Å². The molecule has 0 saturated carbocycles. The topological polar surface area (TPSA) is 65.1 Å². The Kier molecular flexibility index (Phi) is 4.71. The maximum Gasteiger partial charge on any atom is 0.227 e. The molecular weight excluding hydrogens is 290 g/mol. The van der Waals surface area contributed by atoms with Crippen molar-refractivity contribution in [3.63, 3.8) is 0 Å². The molecule has 1 aliphatic heterocycles. The largest absolute Gasteiger partial charge is 0.347 e. The Balaban J connectivity index is 1.68. The highest BCUT2D eigenvalue weighted by molar-refractivity contribution is 5.78. The summed E-state index contributed by atoms with van der Waals surface area (Å²) in [4.78, 5) is 28.7. The molecule has 6 heteroatoms. The van der Waals surface area contributed by atoms with E-state index in [1.165, 1.54) is 0 Å². The normalized spacial score (nSPS) is 19.0. The fourth-order valence-electron chi connectivity index (χ4n) is 3.03. The van der Waals surface area contributed by atoms with Crippen molar-refractivity contribution in [1.82, 2.24) is 24.8 Å². The maximum absolute atomic E-state index is 12.6. The number of H-pyrrole nitrogens is 1. The second kappa shape index (κ2) is 6.91. The number of rotatable bonds is 4. The van der Waals surface area contributed by atoms with Crippen LogP contribution < -0.4 is 0 Å². The Hall–Kier alpha value is -2.21. The molecule has 122 valence electrons. The zero-order valence-electron chi connectivity index (χ0n) is 13.7. The van der Waals surface area contributed by atoms with Crippen LogP contribution in [-0.4, -0.2) is 56.8 Å². The van der Waals surface area contributed by atoms with Gasteiger partial charge in [0.1, 0.15) is 5.82 Å². The summed E-state index contributed by atoms with van der Waals surface area (Å²) in [5, 5.41) is 0. The molecule has 1 amide bonds. The number of carbonyl (C=O) groups is 1. The van der Waals surface area contributed by atoms with E-state index in [2.05, 4.69) is 26.8 Å². The van der Waals surface area contributed by atoms with Crippen LogP contribution in [0.25, 0.3) is 0 Å². The van der Waals surface area contributed by atoms with Crippen LogP contribution in [0, 0.1) is 6.92 Å². The van der Waals surface area contributed by atoms with Crippen molar-refractivity contribution in [2.24, 2.45) is 0 Å². The van der Waals surface area contributed by atoms with Crippen LogP contribution in [0.1, 0.15) is 30.0 Å². The summed E-state index contributed by atoms with van der Waals surface area (Å²) < 4.78 is 0. The van der Waals surface area contributed by atoms with Gasteiger partial charge in [-0.25, -0.2) is 4.98 Å². The standard InChI is InChI=1S/C17H23N5O/c1-3-21-8-9-22(12-15(21)17-18-6-7-19-17)16(23)10-14-5-4-13(2)20-11-14/h4-7,11,15H,3,8-10,12H2,1-2H3,(H,18,19). The number of amides is 1. The van der Waals surface area contributed by atoms with Crippen LogP contribution in [0.3, 0.4) is 0 Å². The second-order valence-electron chi connectivity index (χ2n) is 5.94. The van der Waals surface area contributed by atoms with Crippen LogP contribution in [0.15, 0.2) is 30.7 Å². The van der Waals surface area contributed by atoms with Crippen LogP contribution in [0.5, 0.6) is 0 Å². The number of aromatic nitrogens is 3. The van der Waals surface area contributed by atoms with Crippen molar-refractivity contribution in [1.29, 1.82) is 0 Å². The molecule has 0 aromatic carbocycles. The number of imidazole rings is 1. The summed E-state index contributed by atoms with van der Waals surface area (Å²) in [6, 6.07) is 4.07. The lowest BCUT2D eigenvalue weighted by Crippen LogP contribution is -2.51. The molecule has 0 bridgehead atoms. The Bertz CT molecular complexity index is 638. The fraction of sp³-hybridized carbons (Fsp3) is 0.471. The lowest BCUT2D eigenvalue weighted by atomic mass is 10.1. The lowest BCUT2D eigenvalue weighted by molar-refractivity contribution is -0.133. The van der Waals surface area contributed by atoms with Gasteiger partial charge in [-0.05, 0) is 25.1 Å². The molecule has 1 fully saturated rings. The zero-order chi connectivity index (χ0) is 16.2. The smallest absolute Gasteiger partial charge is 0.227 e. The summed E-state index contributed by atoms with van der Waals surface area (Å²) in [7, 11) is 0. The van der Waals surface area contributed by atoms with Gasteiger partial charge in [0, 0.05) is 43.9 Å². The highest BCUT2D eigenvalue weighted by Crippen LogP contribution is 2.23. The van der Waals surface area contributed by atoms with Gasteiger partial charge in [-0.2, -0.15) is 0 Å². The van der Waals surface area contributed by atoms with E-state index in [1.54, 1.807) is 12.4 Å². The van der Waals surface area contributed by atoms with E-state index in [4.69, 9.17) is 0 Å². The average molecular weight is 313 g/mol. The predicted octanol–water partition coefficient (Wildman–Crippen LogP) is 1.56. The average Bonchev–Trinajstić information content (AvgIpc) is 3.10. The molecule has 6 nitrogen and oxygen atoms in total. The van der Waals surface area contributed by atoms with E-state index in [0.29, 0.717) is 13.0 Å². The number of hydrogen-bond acceptors (Lipinski definition) is 4. The Morgan fingerprint density at radius 1 is 1.35 bits per heavy atom. The van der Waals surface area contributed by atoms with Gasteiger partial charge in [-0.3, -0.25) is 14.7 Å². The number of likely N-dealkylation sites (N-methyl/N-ethyl adjacent to an activating group) is 1. The quantitative estimate of drug-likeness (QED) is 0.930. The first kappa shape index (κ1) is 15.7. The summed E-state index contributed by atoms with van der Waals surface area (Å²) >= 11 is 0. The fourth-order valence-corrected chi connectivity index (χ4v) is 3.03. The third-order valence-electron chi connectivity index (χ3n) is 4.41. The van der Waals surface area contributed by atoms with Gasteiger partial charge in [0.2, 0.25) is 5.91 Å². The summed E-state index contributed by atoms with van der Waals surface area (Å²) in [5.41, 5.74) is 1.93. The van der Waals surface area contributed by atoms with Crippen molar-refractivity contribution < 1.29 is 4.79 Å². The molecule has 1 atom stereocenters. The summed E-state index contributed by atoms with van der Waals surface area (Å²) in [6.45, 7) is 7.37. The minimum absolute atomic E-state index is 0.142. The number of piperazine rings is 1. The number of nitrogens with one attached hydrogen (secondary N) is 1. The van der Waals surface area contributed by atoms with Crippen molar-refractivity contribution >= 4 is 5.91 Å². The van der Waals surface area contributed by atoms with E-state index in [9.17, 15) is 4.79 Å². The van der Waals surface area contributed by atoms with Crippen molar-refractivity contribution in [3.05, 3.63) is 47.8 Å². The molecule has 2 aromatic rings. The third kappa shape index (κ3) is 3.59. The molecule has 0 radical (unpaired) electrons. The Labute approximate surface area is 136 Å². The van der Waals surface area contributed by atoms with E-state index in [0.717, 1.165) is 36.7 Å². The molecular formula is C17H23N5O. The Morgan fingerprint density at radius 3 is 2.87 bits per heavy atom. The van der Waals surface area contributed by atoms with Crippen LogP contribution >= 0.6 is 0 Å². The number of hydrogen-bond donors (Lipinski definition) is 1. The SMILES string of the molecule is CCN1CCN(C(=O)Cc2ccc(C)nc2)CC1c1ncc[nH]1. The van der Waals surface area contributed by atoms with Gasteiger partial charge in [0.25, 0.3) is 0 Å². The first-order valence-electron chi connectivity index (χ1n) is 8.10. The van der Waals surface area contributed by atoms with Crippen LogP contribution in [0.2, 0.25) is 0 Å². The molecule has 1 unspecified atom stereocenters. The first-order valence-corrected chi connectivity index (χ1v) is 8.10. The minimum atomic E-state index is 0.142. The van der Waals surface area contributed by atoms with Gasteiger partial charge in [0.05, 0.1) is 12.5 Å². The lowest BCUT2D eigenvalue weighted by Gasteiger charge is -2.40. The van der Waals surface area contributed by atoms with Gasteiger partial charge >= 0.3 is 0 Å². The number of nitrogens with zero attached hydrogens (tertiary/aromatic N) is 4. The van der Waals surface area contributed by atoms with Crippen LogP contribution in [0.4, 0.5) is 0 Å². The van der Waals surface area contributed by atoms with E-state index < -0.39 is 0 Å². The number of carbonyl (C=O) groups excluding carboxylic acids is 1. The molecule has 1 saturated heterocycles. The monoisotopic (exact) mass is 313 g/mol. The van der Waals surface area contributed by atoms with E-state index in [-0.39, 0.29) is 11.9 Å². The molecule has 1 N–H and O–H groups in total. The minimum Gasteiger partial charge on any atom is -0.347 e. The molecule has 2 aromatic heterocycles. The van der Waals surface area contributed by atoms with Gasteiger partial charge in [-0.1, -0.05) is 13.0 Å². The number of aryl methyl sites for hydroxylation is 1. The summed E-state index contributed by atoms with van der Waals surface area (Å²) in [6.07, 6.45) is 5.80. The van der Waals surface area contributed by atoms with Crippen molar-refractivity contribution in [3.8, 4) is 0 Å². The van der Waals surface area contributed by atoms with Gasteiger partial charge in [0.15, 0.2) is 0 Å². The number of aromatic amines is 1. The molecule has 3 heterocycles.